The van der Waals surface area contributed by atoms with Gasteiger partial charge in [0.25, 0.3) is 0 Å². The van der Waals surface area contributed by atoms with E-state index in [0.717, 1.165) is 53.9 Å². The summed E-state index contributed by atoms with van der Waals surface area (Å²) in [5, 5.41) is 13.1. The maximum atomic E-state index is 9.61. The van der Waals surface area contributed by atoms with Crippen LogP contribution in [0.4, 0.5) is 5.82 Å². The van der Waals surface area contributed by atoms with Crippen molar-refractivity contribution in [3.05, 3.63) is 41.5 Å². The van der Waals surface area contributed by atoms with Crippen LogP contribution >= 0.6 is 0 Å². The smallest absolute Gasteiger partial charge is 0.157 e. The number of aryl methyl sites for hydroxylation is 1. The molecule has 0 atom stereocenters. The summed E-state index contributed by atoms with van der Waals surface area (Å²) in [6.45, 7) is 5.18. The van der Waals surface area contributed by atoms with Crippen LogP contribution in [0.25, 0.3) is 16.7 Å². The number of rotatable bonds is 5. The lowest BCUT2D eigenvalue weighted by molar-refractivity contribution is 0.910. The van der Waals surface area contributed by atoms with Gasteiger partial charge in [-0.2, -0.15) is 5.26 Å². The van der Waals surface area contributed by atoms with Crippen LogP contribution in [-0.4, -0.2) is 15.9 Å². The molecule has 1 aromatic carbocycles. The SMILES string of the molecule is CCCNc1cc(CCC)c(C#N)c2nc3ccccc3n12. The molecule has 22 heavy (non-hydrogen) atoms. The third-order valence-electron chi connectivity index (χ3n) is 3.84. The highest BCUT2D eigenvalue weighted by atomic mass is 15.1. The molecule has 1 N–H and O–H groups in total. The van der Waals surface area contributed by atoms with Crippen molar-refractivity contribution in [1.29, 1.82) is 5.26 Å². The van der Waals surface area contributed by atoms with Gasteiger partial charge in [0, 0.05) is 6.54 Å². The van der Waals surface area contributed by atoms with Gasteiger partial charge in [0.1, 0.15) is 11.9 Å². The Morgan fingerprint density at radius 3 is 2.77 bits per heavy atom. The van der Waals surface area contributed by atoms with Crippen molar-refractivity contribution in [3.63, 3.8) is 0 Å². The normalized spacial score (nSPS) is 11.0. The number of imidazole rings is 1. The first kappa shape index (κ1) is 14.4. The summed E-state index contributed by atoms with van der Waals surface area (Å²) < 4.78 is 2.07. The summed E-state index contributed by atoms with van der Waals surface area (Å²) in [5.41, 5.74) is 4.49. The van der Waals surface area contributed by atoms with Gasteiger partial charge in [-0.15, -0.1) is 0 Å². The monoisotopic (exact) mass is 292 g/mol. The third-order valence-corrected chi connectivity index (χ3v) is 3.84. The number of nitrogens with zero attached hydrogens (tertiary/aromatic N) is 3. The molecule has 3 aromatic rings. The van der Waals surface area contributed by atoms with Crippen LogP contribution < -0.4 is 5.32 Å². The van der Waals surface area contributed by atoms with E-state index in [2.05, 4.69) is 35.7 Å². The second-order valence-electron chi connectivity index (χ2n) is 5.48. The zero-order valence-corrected chi connectivity index (χ0v) is 13.1. The van der Waals surface area contributed by atoms with E-state index in [0.29, 0.717) is 5.56 Å². The molecule has 112 valence electrons. The molecule has 4 heteroatoms. The lowest BCUT2D eigenvalue weighted by atomic mass is 10.1. The predicted octanol–water partition coefficient (Wildman–Crippen LogP) is 4.13. The molecule has 0 unspecified atom stereocenters. The fourth-order valence-electron chi connectivity index (χ4n) is 2.85. The first-order valence-electron chi connectivity index (χ1n) is 7.87. The minimum Gasteiger partial charge on any atom is -0.371 e. The van der Waals surface area contributed by atoms with E-state index in [1.807, 2.05) is 24.3 Å². The van der Waals surface area contributed by atoms with Gasteiger partial charge >= 0.3 is 0 Å². The van der Waals surface area contributed by atoms with Gasteiger partial charge < -0.3 is 5.32 Å². The zero-order chi connectivity index (χ0) is 15.5. The molecular weight excluding hydrogens is 272 g/mol. The number of aromatic nitrogens is 2. The van der Waals surface area contributed by atoms with Gasteiger partial charge in [-0.25, -0.2) is 4.98 Å². The van der Waals surface area contributed by atoms with Crippen molar-refractivity contribution < 1.29 is 0 Å². The molecule has 0 saturated carbocycles. The van der Waals surface area contributed by atoms with Crippen LogP contribution in [0.15, 0.2) is 30.3 Å². The molecule has 0 fully saturated rings. The number of hydrogen-bond donors (Lipinski definition) is 1. The Labute approximate surface area is 130 Å². The summed E-state index contributed by atoms with van der Waals surface area (Å²) in [6, 6.07) is 12.5. The van der Waals surface area contributed by atoms with Crippen LogP contribution in [0.1, 0.15) is 37.8 Å². The lowest BCUT2D eigenvalue weighted by Gasteiger charge is -2.13. The molecule has 3 rings (SSSR count). The van der Waals surface area contributed by atoms with E-state index in [4.69, 9.17) is 4.98 Å². The Bertz CT molecular complexity index is 855. The summed E-state index contributed by atoms with van der Waals surface area (Å²) in [6.07, 6.45) is 2.96. The van der Waals surface area contributed by atoms with Gasteiger partial charge in [0.2, 0.25) is 0 Å². The molecule has 0 saturated heterocycles. The molecule has 0 aliphatic heterocycles. The minimum atomic E-state index is 0.695. The van der Waals surface area contributed by atoms with Crippen molar-refractivity contribution in [3.8, 4) is 6.07 Å². The van der Waals surface area contributed by atoms with Gasteiger partial charge in [0.15, 0.2) is 5.65 Å². The molecule has 4 nitrogen and oxygen atoms in total. The summed E-state index contributed by atoms with van der Waals surface area (Å²) in [7, 11) is 0. The maximum absolute atomic E-state index is 9.61. The average Bonchev–Trinajstić information content (AvgIpc) is 2.92. The average molecular weight is 292 g/mol. The van der Waals surface area contributed by atoms with Gasteiger partial charge in [-0.1, -0.05) is 32.4 Å². The molecule has 0 radical (unpaired) electrons. The molecule has 2 aromatic heterocycles. The quantitative estimate of drug-likeness (QED) is 0.769. The van der Waals surface area contributed by atoms with E-state index in [1.54, 1.807) is 0 Å². The molecule has 0 amide bonds. The predicted molar refractivity (Wildman–Crippen MR) is 90.2 cm³/mol. The van der Waals surface area contributed by atoms with Crippen LogP contribution in [0.2, 0.25) is 0 Å². The van der Waals surface area contributed by atoms with Crippen LogP contribution in [0.3, 0.4) is 0 Å². The van der Waals surface area contributed by atoms with E-state index in [-0.39, 0.29) is 0 Å². The third kappa shape index (κ3) is 2.29. The maximum Gasteiger partial charge on any atom is 0.157 e. The van der Waals surface area contributed by atoms with E-state index >= 15 is 0 Å². The number of anilines is 1. The van der Waals surface area contributed by atoms with Crippen molar-refractivity contribution in [1.82, 2.24) is 9.38 Å². The van der Waals surface area contributed by atoms with E-state index < -0.39 is 0 Å². The number of benzene rings is 1. The van der Waals surface area contributed by atoms with Gasteiger partial charge in [-0.05, 0) is 36.6 Å². The van der Waals surface area contributed by atoms with Crippen molar-refractivity contribution >= 4 is 22.5 Å². The van der Waals surface area contributed by atoms with Crippen molar-refractivity contribution in [2.24, 2.45) is 0 Å². The highest BCUT2D eigenvalue weighted by molar-refractivity contribution is 5.85. The fraction of sp³-hybridized carbons (Fsp3) is 0.333. The second-order valence-corrected chi connectivity index (χ2v) is 5.48. The van der Waals surface area contributed by atoms with E-state index in [9.17, 15) is 5.26 Å². The standard InChI is InChI=1S/C18H20N4/c1-3-7-13-11-17(20-10-4-2)22-16-9-6-5-8-15(16)21-18(22)14(13)12-19/h5-6,8-9,11,20H,3-4,7,10H2,1-2H3. The Morgan fingerprint density at radius 1 is 1.23 bits per heavy atom. The molecule has 0 aliphatic rings. The number of pyridine rings is 1. The molecule has 2 heterocycles. The fourth-order valence-corrected chi connectivity index (χ4v) is 2.85. The first-order valence-corrected chi connectivity index (χ1v) is 7.87. The van der Waals surface area contributed by atoms with Crippen LogP contribution in [0, 0.1) is 11.3 Å². The van der Waals surface area contributed by atoms with Gasteiger partial charge in [-0.3, -0.25) is 4.40 Å². The first-order chi connectivity index (χ1) is 10.8. The molecule has 0 bridgehead atoms. The Kier molecular flexibility index (Phi) is 3.97. The van der Waals surface area contributed by atoms with Crippen molar-refractivity contribution in [2.45, 2.75) is 33.1 Å². The molecular formula is C18H20N4. The second kappa shape index (κ2) is 6.07. The molecule has 0 spiro atoms. The lowest BCUT2D eigenvalue weighted by Crippen LogP contribution is -2.07. The largest absolute Gasteiger partial charge is 0.371 e. The highest BCUT2D eigenvalue weighted by Gasteiger charge is 2.16. The number of nitrogens with one attached hydrogen (secondary N) is 1. The van der Waals surface area contributed by atoms with Gasteiger partial charge in [0.05, 0.1) is 16.6 Å². The summed E-state index contributed by atoms with van der Waals surface area (Å²) >= 11 is 0. The minimum absolute atomic E-state index is 0.695. The van der Waals surface area contributed by atoms with Crippen LogP contribution in [0.5, 0.6) is 0 Å². The van der Waals surface area contributed by atoms with Crippen LogP contribution in [-0.2, 0) is 6.42 Å². The topological polar surface area (TPSA) is 53.1 Å². The highest BCUT2D eigenvalue weighted by Crippen LogP contribution is 2.27. The number of nitriles is 1. The molecule has 0 aliphatic carbocycles. The Balaban J connectivity index is 2.37. The zero-order valence-electron chi connectivity index (χ0n) is 13.1. The number of para-hydroxylation sites is 2. The Morgan fingerprint density at radius 2 is 2.05 bits per heavy atom. The number of hydrogen-bond acceptors (Lipinski definition) is 3. The summed E-state index contributed by atoms with van der Waals surface area (Å²) in [5.74, 6) is 1.02. The van der Waals surface area contributed by atoms with Crippen molar-refractivity contribution in [2.75, 3.05) is 11.9 Å². The van der Waals surface area contributed by atoms with E-state index in [1.165, 1.54) is 0 Å². The summed E-state index contributed by atoms with van der Waals surface area (Å²) in [4.78, 5) is 4.70. The Hall–Kier alpha value is -2.54. The number of fused-ring (bicyclic) bond motifs is 3.